The predicted molar refractivity (Wildman–Crippen MR) is 84.9 cm³/mol. The highest BCUT2D eigenvalue weighted by Gasteiger charge is 2.19. The molecule has 0 atom stereocenters. The quantitative estimate of drug-likeness (QED) is 0.662. The van der Waals surface area contributed by atoms with E-state index in [1.807, 2.05) is 0 Å². The van der Waals surface area contributed by atoms with Gasteiger partial charge >= 0.3 is 5.69 Å². The monoisotopic (exact) mass is 316 g/mol. The number of ether oxygens (including phenoxy) is 1. The predicted octanol–water partition coefficient (Wildman–Crippen LogP) is 0.694. The van der Waals surface area contributed by atoms with E-state index in [2.05, 4.69) is 0 Å². The van der Waals surface area contributed by atoms with Crippen LogP contribution in [-0.4, -0.2) is 27.1 Å². The average molecular weight is 316 g/mol. The third kappa shape index (κ3) is 2.94. The molecule has 120 valence electrons. The molecule has 2 rings (SSSR count). The largest absolute Gasteiger partial charge is 0.496 e. The standard InChI is InChI=1S/C16H16N2O5/c1-17-14(20)13(15(21)18(2)16(17)22)11(19)9-8-10-6-4-5-7-12(10)23-3/h4-9,20H,1-3H3/b9-8+. The van der Waals surface area contributed by atoms with Crippen LogP contribution in [0.4, 0.5) is 0 Å². The zero-order chi connectivity index (χ0) is 17.1. The Labute approximate surface area is 131 Å². The molecule has 23 heavy (non-hydrogen) atoms. The number of para-hydroxylation sites is 1. The topological polar surface area (TPSA) is 90.5 Å². The van der Waals surface area contributed by atoms with E-state index in [-0.39, 0.29) is 0 Å². The minimum absolute atomic E-state index is 0.458. The average Bonchev–Trinajstić information content (AvgIpc) is 2.56. The second kappa shape index (κ2) is 6.35. The van der Waals surface area contributed by atoms with Crippen LogP contribution in [-0.2, 0) is 14.1 Å². The van der Waals surface area contributed by atoms with Gasteiger partial charge in [-0.15, -0.1) is 0 Å². The molecular formula is C16H16N2O5. The van der Waals surface area contributed by atoms with Gasteiger partial charge in [0.2, 0.25) is 5.88 Å². The third-order valence-corrected chi connectivity index (χ3v) is 3.43. The van der Waals surface area contributed by atoms with Crippen LogP contribution in [0.25, 0.3) is 6.08 Å². The summed E-state index contributed by atoms with van der Waals surface area (Å²) in [5, 5.41) is 9.92. The smallest absolute Gasteiger partial charge is 0.333 e. The van der Waals surface area contributed by atoms with E-state index in [4.69, 9.17) is 4.74 Å². The molecule has 1 N–H and O–H groups in total. The fraction of sp³-hybridized carbons (Fsp3) is 0.188. The molecule has 0 aliphatic heterocycles. The van der Waals surface area contributed by atoms with Crippen molar-refractivity contribution in [2.75, 3.05) is 7.11 Å². The van der Waals surface area contributed by atoms with Gasteiger partial charge in [0.25, 0.3) is 5.56 Å². The number of hydrogen-bond donors (Lipinski definition) is 1. The van der Waals surface area contributed by atoms with Crippen molar-refractivity contribution in [3.8, 4) is 11.6 Å². The summed E-state index contributed by atoms with van der Waals surface area (Å²) in [4.78, 5) is 36.0. The number of rotatable bonds is 4. The van der Waals surface area contributed by atoms with Crippen molar-refractivity contribution in [1.82, 2.24) is 9.13 Å². The summed E-state index contributed by atoms with van der Waals surface area (Å²) < 4.78 is 6.77. The van der Waals surface area contributed by atoms with Crippen LogP contribution in [0.3, 0.4) is 0 Å². The lowest BCUT2D eigenvalue weighted by Gasteiger charge is -2.08. The van der Waals surface area contributed by atoms with Crippen molar-refractivity contribution in [3.63, 3.8) is 0 Å². The molecule has 7 nitrogen and oxygen atoms in total. The number of carbonyl (C=O) groups excluding carboxylic acids is 1. The molecule has 7 heteroatoms. The van der Waals surface area contributed by atoms with E-state index in [0.717, 1.165) is 15.2 Å². The Balaban J connectivity index is 2.49. The molecular weight excluding hydrogens is 300 g/mol. The van der Waals surface area contributed by atoms with Crippen molar-refractivity contribution in [2.24, 2.45) is 14.1 Å². The Kier molecular flexibility index (Phi) is 4.49. The molecule has 0 aliphatic carbocycles. The zero-order valence-corrected chi connectivity index (χ0v) is 12.9. The van der Waals surface area contributed by atoms with E-state index in [9.17, 15) is 19.5 Å². The second-order valence-corrected chi connectivity index (χ2v) is 4.84. The molecule has 0 radical (unpaired) electrons. The normalized spacial score (nSPS) is 10.9. The number of allylic oxidation sites excluding steroid dienone is 1. The third-order valence-electron chi connectivity index (χ3n) is 3.43. The van der Waals surface area contributed by atoms with E-state index in [1.165, 1.54) is 27.3 Å². The molecule has 0 spiro atoms. The number of nitrogens with zero attached hydrogens (tertiary/aromatic N) is 2. The van der Waals surface area contributed by atoms with Gasteiger partial charge in [-0.1, -0.05) is 18.2 Å². The molecule has 1 aromatic heterocycles. The van der Waals surface area contributed by atoms with E-state index in [1.54, 1.807) is 24.3 Å². The van der Waals surface area contributed by atoms with Gasteiger partial charge in [0.1, 0.15) is 11.3 Å². The van der Waals surface area contributed by atoms with Crippen molar-refractivity contribution in [3.05, 3.63) is 62.3 Å². The number of aromatic nitrogens is 2. The van der Waals surface area contributed by atoms with E-state index >= 15 is 0 Å². The van der Waals surface area contributed by atoms with Crippen molar-refractivity contribution >= 4 is 11.9 Å². The van der Waals surface area contributed by atoms with Crippen LogP contribution in [0.1, 0.15) is 15.9 Å². The first kappa shape index (κ1) is 16.3. The molecule has 0 fully saturated rings. The Morgan fingerprint density at radius 1 is 1.17 bits per heavy atom. The Bertz CT molecular complexity index is 906. The first-order chi connectivity index (χ1) is 10.9. The van der Waals surface area contributed by atoms with Gasteiger partial charge in [0, 0.05) is 19.7 Å². The van der Waals surface area contributed by atoms with Crippen molar-refractivity contribution in [1.29, 1.82) is 0 Å². The van der Waals surface area contributed by atoms with Gasteiger partial charge in [-0.25, -0.2) is 4.79 Å². The van der Waals surface area contributed by atoms with E-state index in [0.29, 0.717) is 11.3 Å². The van der Waals surface area contributed by atoms with Crippen LogP contribution in [0.15, 0.2) is 39.9 Å². The molecule has 0 saturated heterocycles. The van der Waals surface area contributed by atoms with Gasteiger partial charge in [-0.05, 0) is 18.2 Å². The lowest BCUT2D eigenvalue weighted by molar-refractivity contribution is 0.104. The van der Waals surface area contributed by atoms with Crippen LogP contribution in [0.5, 0.6) is 11.6 Å². The highest BCUT2D eigenvalue weighted by Crippen LogP contribution is 2.19. The van der Waals surface area contributed by atoms with Gasteiger partial charge in [0.15, 0.2) is 5.78 Å². The Hall–Kier alpha value is -3.09. The van der Waals surface area contributed by atoms with Crippen molar-refractivity contribution in [2.45, 2.75) is 0 Å². The number of methoxy groups -OCH3 is 1. The van der Waals surface area contributed by atoms with Crippen LogP contribution < -0.4 is 16.0 Å². The molecule has 1 heterocycles. The summed E-state index contributed by atoms with van der Waals surface area (Å²) in [7, 11) is 4.02. The number of hydrogen-bond acceptors (Lipinski definition) is 5. The summed E-state index contributed by atoms with van der Waals surface area (Å²) >= 11 is 0. The molecule has 0 unspecified atom stereocenters. The summed E-state index contributed by atoms with van der Waals surface area (Å²) in [6, 6.07) is 7.02. The van der Waals surface area contributed by atoms with Crippen LogP contribution in [0, 0.1) is 0 Å². The van der Waals surface area contributed by atoms with Gasteiger partial charge in [0.05, 0.1) is 7.11 Å². The molecule has 0 bridgehead atoms. The minimum Gasteiger partial charge on any atom is -0.496 e. The SMILES string of the molecule is COc1ccccc1/C=C/C(=O)c1c(O)n(C)c(=O)n(C)c1=O. The highest BCUT2D eigenvalue weighted by atomic mass is 16.5. The molecule has 0 amide bonds. The summed E-state index contributed by atoms with van der Waals surface area (Å²) in [6.07, 6.45) is 2.63. The highest BCUT2D eigenvalue weighted by molar-refractivity contribution is 6.08. The number of ketones is 1. The fourth-order valence-corrected chi connectivity index (χ4v) is 2.10. The summed E-state index contributed by atoms with van der Waals surface area (Å²) in [5.41, 5.74) is -1.37. The summed E-state index contributed by atoms with van der Waals surface area (Å²) in [5.74, 6) is -0.800. The molecule has 0 aliphatic rings. The minimum atomic E-state index is -0.847. The number of aromatic hydroxyl groups is 1. The molecule has 2 aromatic rings. The Morgan fingerprint density at radius 2 is 1.83 bits per heavy atom. The first-order valence-corrected chi connectivity index (χ1v) is 6.73. The Morgan fingerprint density at radius 3 is 2.48 bits per heavy atom. The lowest BCUT2D eigenvalue weighted by atomic mass is 10.1. The van der Waals surface area contributed by atoms with Gasteiger partial charge in [-0.3, -0.25) is 18.7 Å². The second-order valence-electron chi connectivity index (χ2n) is 4.84. The van der Waals surface area contributed by atoms with Crippen LogP contribution in [0.2, 0.25) is 0 Å². The van der Waals surface area contributed by atoms with Crippen LogP contribution >= 0.6 is 0 Å². The summed E-state index contributed by atoms with van der Waals surface area (Å²) in [6.45, 7) is 0. The maximum Gasteiger partial charge on any atom is 0.333 e. The van der Waals surface area contributed by atoms with Gasteiger partial charge in [-0.2, -0.15) is 0 Å². The number of benzene rings is 1. The maximum absolute atomic E-state index is 12.3. The first-order valence-electron chi connectivity index (χ1n) is 6.73. The molecule has 1 aromatic carbocycles. The van der Waals surface area contributed by atoms with E-state index < -0.39 is 28.5 Å². The molecule has 0 saturated carbocycles. The number of carbonyl (C=O) groups is 1. The van der Waals surface area contributed by atoms with Gasteiger partial charge < -0.3 is 9.84 Å². The van der Waals surface area contributed by atoms with Crippen molar-refractivity contribution < 1.29 is 14.6 Å². The zero-order valence-electron chi connectivity index (χ0n) is 12.9. The maximum atomic E-state index is 12.3. The lowest BCUT2D eigenvalue weighted by Crippen LogP contribution is -2.39. The fourth-order valence-electron chi connectivity index (χ4n) is 2.10.